The molecule has 0 radical (unpaired) electrons. The predicted octanol–water partition coefficient (Wildman–Crippen LogP) is 2.72. The van der Waals surface area contributed by atoms with Gasteiger partial charge in [-0.1, -0.05) is 30.3 Å². The summed E-state index contributed by atoms with van der Waals surface area (Å²) in [6.45, 7) is 1.36. The molecule has 0 aromatic heterocycles. The van der Waals surface area contributed by atoms with Crippen LogP contribution in [-0.4, -0.2) is 11.8 Å². The Balaban J connectivity index is 2.19. The van der Waals surface area contributed by atoms with Gasteiger partial charge in [-0.25, -0.2) is 0 Å². The molecule has 86 valence electrons. The number of Topliss-reactive ketones (excluding diaryl/α,β-unsaturated/α-hetero) is 1. The van der Waals surface area contributed by atoms with E-state index in [0.717, 1.165) is 10.8 Å². The minimum Gasteiger partial charge on any atom is -0.426 e. The molecule has 0 aliphatic heterocycles. The van der Waals surface area contributed by atoms with Crippen molar-refractivity contribution >= 4 is 22.5 Å². The Labute approximate surface area is 99.0 Å². The molecule has 0 atom stereocenters. The first-order valence-corrected chi connectivity index (χ1v) is 5.34. The average Bonchev–Trinajstić information content (AvgIpc) is 2.27. The van der Waals surface area contributed by atoms with Crippen LogP contribution in [0.4, 0.5) is 0 Å². The fraction of sp³-hybridized carbons (Fsp3) is 0.143. The molecule has 0 unspecified atom stereocenters. The van der Waals surface area contributed by atoms with Crippen LogP contribution in [0.25, 0.3) is 10.8 Å². The molecule has 0 bridgehead atoms. The van der Waals surface area contributed by atoms with Gasteiger partial charge in [0.15, 0.2) is 0 Å². The summed E-state index contributed by atoms with van der Waals surface area (Å²) in [6, 6.07) is 13.2. The molecule has 17 heavy (non-hydrogen) atoms. The monoisotopic (exact) mass is 228 g/mol. The Hall–Kier alpha value is -2.16. The molecule has 0 fully saturated rings. The summed E-state index contributed by atoms with van der Waals surface area (Å²) in [5, 5.41) is 2.08. The second kappa shape index (κ2) is 4.78. The van der Waals surface area contributed by atoms with Crippen molar-refractivity contribution in [1.82, 2.24) is 0 Å². The number of rotatable bonds is 3. The van der Waals surface area contributed by atoms with Gasteiger partial charge in [-0.05, 0) is 29.8 Å². The number of fused-ring (bicyclic) bond motifs is 1. The maximum absolute atomic E-state index is 11.3. The third kappa shape index (κ3) is 2.91. The summed E-state index contributed by atoms with van der Waals surface area (Å²) in [7, 11) is 0. The van der Waals surface area contributed by atoms with Gasteiger partial charge in [-0.15, -0.1) is 0 Å². The Bertz CT molecular complexity index is 572. The van der Waals surface area contributed by atoms with Crippen molar-refractivity contribution in [2.75, 3.05) is 0 Å². The lowest BCUT2D eigenvalue weighted by atomic mass is 10.1. The molecular formula is C14H12O3. The fourth-order valence-electron chi connectivity index (χ4n) is 1.60. The van der Waals surface area contributed by atoms with Crippen LogP contribution in [0.15, 0.2) is 42.5 Å². The second-order valence-corrected chi connectivity index (χ2v) is 3.86. The van der Waals surface area contributed by atoms with Gasteiger partial charge in [0.2, 0.25) is 0 Å². The van der Waals surface area contributed by atoms with Gasteiger partial charge in [0, 0.05) is 0 Å². The molecule has 0 N–H and O–H groups in total. The van der Waals surface area contributed by atoms with E-state index in [2.05, 4.69) is 0 Å². The maximum Gasteiger partial charge on any atom is 0.318 e. The molecule has 3 nitrogen and oxygen atoms in total. The van der Waals surface area contributed by atoms with E-state index in [1.54, 1.807) is 12.1 Å². The van der Waals surface area contributed by atoms with Crippen LogP contribution in [0.5, 0.6) is 5.75 Å². The van der Waals surface area contributed by atoms with Crippen molar-refractivity contribution in [2.24, 2.45) is 0 Å². The zero-order valence-electron chi connectivity index (χ0n) is 9.47. The standard InChI is InChI=1S/C14H12O3/c1-10(15)8-14(16)17-13-7-6-11-4-2-3-5-12(11)9-13/h2-7,9H,8H2,1H3. The average molecular weight is 228 g/mol. The van der Waals surface area contributed by atoms with Crippen molar-refractivity contribution in [3.8, 4) is 5.75 Å². The normalized spacial score (nSPS) is 10.2. The van der Waals surface area contributed by atoms with Gasteiger partial charge in [-0.3, -0.25) is 9.59 Å². The molecule has 0 amide bonds. The van der Waals surface area contributed by atoms with E-state index in [4.69, 9.17) is 4.74 Å². The third-order valence-corrected chi connectivity index (χ3v) is 2.35. The van der Waals surface area contributed by atoms with Crippen LogP contribution >= 0.6 is 0 Å². The van der Waals surface area contributed by atoms with Crippen molar-refractivity contribution in [3.63, 3.8) is 0 Å². The third-order valence-electron chi connectivity index (χ3n) is 2.35. The highest BCUT2D eigenvalue weighted by atomic mass is 16.5. The summed E-state index contributed by atoms with van der Waals surface area (Å²) < 4.78 is 5.07. The number of ether oxygens (including phenoxy) is 1. The highest BCUT2D eigenvalue weighted by Crippen LogP contribution is 2.20. The molecule has 2 aromatic rings. The summed E-state index contributed by atoms with van der Waals surface area (Å²) in [5.41, 5.74) is 0. The molecule has 2 rings (SSSR count). The second-order valence-electron chi connectivity index (χ2n) is 3.86. The maximum atomic E-state index is 11.3. The van der Waals surface area contributed by atoms with E-state index in [9.17, 15) is 9.59 Å². The first-order valence-electron chi connectivity index (χ1n) is 5.34. The first kappa shape index (κ1) is 11.3. The number of carbonyl (C=O) groups is 2. The molecule has 0 heterocycles. The van der Waals surface area contributed by atoms with E-state index in [1.165, 1.54) is 6.92 Å². The molecule has 2 aromatic carbocycles. The first-order chi connectivity index (χ1) is 8.15. The van der Waals surface area contributed by atoms with Crippen LogP contribution in [0, 0.1) is 0 Å². The van der Waals surface area contributed by atoms with Crippen molar-refractivity contribution in [3.05, 3.63) is 42.5 Å². The van der Waals surface area contributed by atoms with Gasteiger partial charge in [-0.2, -0.15) is 0 Å². The molecule has 0 saturated heterocycles. The lowest BCUT2D eigenvalue weighted by molar-refractivity contribution is -0.137. The minimum atomic E-state index is -0.521. The van der Waals surface area contributed by atoms with Gasteiger partial charge in [0.25, 0.3) is 0 Å². The topological polar surface area (TPSA) is 43.4 Å². The van der Waals surface area contributed by atoms with Gasteiger partial charge in [0.1, 0.15) is 18.0 Å². The number of hydrogen-bond acceptors (Lipinski definition) is 3. The SMILES string of the molecule is CC(=O)CC(=O)Oc1ccc2ccccc2c1. The van der Waals surface area contributed by atoms with Crippen LogP contribution in [-0.2, 0) is 9.59 Å². The van der Waals surface area contributed by atoms with Gasteiger partial charge < -0.3 is 4.74 Å². The van der Waals surface area contributed by atoms with E-state index in [1.807, 2.05) is 30.3 Å². The summed E-state index contributed by atoms with van der Waals surface area (Å²) in [4.78, 5) is 22.1. The Morgan fingerprint density at radius 2 is 1.76 bits per heavy atom. The zero-order chi connectivity index (χ0) is 12.3. The summed E-state index contributed by atoms with van der Waals surface area (Å²) in [6.07, 6.45) is -0.188. The predicted molar refractivity (Wildman–Crippen MR) is 64.9 cm³/mol. The minimum absolute atomic E-state index is 0.188. The van der Waals surface area contributed by atoms with Gasteiger partial charge in [0.05, 0.1) is 0 Å². The Morgan fingerprint density at radius 1 is 1.06 bits per heavy atom. The van der Waals surface area contributed by atoms with Crippen LogP contribution in [0.3, 0.4) is 0 Å². The number of benzene rings is 2. The highest BCUT2D eigenvalue weighted by Gasteiger charge is 2.07. The smallest absolute Gasteiger partial charge is 0.318 e. The highest BCUT2D eigenvalue weighted by molar-refractivity contribution is 5.95. The number of ketones is 1. The van der Waals surface area contributed by atoms with Crippen LogP contribution < -0.4 is 4.74 Å². The van der Waals surface area contributed by atoms with Crippen LogP contribution in [0.2, 0.25) is 0 Å². The summed E-state index contributed by atoms with van der Waals surface area (Å²) in [5.74, 6) is -0.251. The molecule has 0 spiro atoms. The zero-order valence-corrected chi connectivity index (χ0v) is 9.47. The molecular weight excluding hydrogens is 216 g/mol. The van der Waals surface area contributed by atoms with Gasteiger partial charge >= 0.3 is 5.97 Å². The van der Waals surface area contributed by atoms with E-state index in [-0.39, 0.29) is 12.2 Å². The molecule has 0 aliphatic carbocycles. The fourth-order valence-corrected chi connectivity index (χ4v) is 1.60. The number of hydrogen-bond donors (Lipinski definition) is 0. The summed E-state index contributed by atoms with van der Waals surface area (Å²) >= 11 is 0. The van der Waals surface area contributed by atoms with E-state index >= 15 is 0 Å². The molecule has 0 saturated carbocycles. The molecule has 3 heteroatoms. The van der Waals surface area contributed by atoms with E-state index in [0.29, 0.717) is 5.75 Å². The van der Waals surface area contributed by atoms with Crippen molar-refractivity contribution in [2.45, 2.75) is 13.3 Å². The quantitative estimate of drug-likeness (QED) is 0.461. The van der Waals surface area contributed by atoms with Crippen LogP contribution in [0.1, 0.15) is 13.3 Å². The van der Waals surface area contributed by atoms with Crippen molar-refractivity contribution in [1.29, 1.82) is 0 Å². The number of esters is 1. The Kier molecular flexibility index (Phi) is 3.19. The molecule has 0 aliphatic rings. The van der Waals surface area contributed by atoms with Crippen molar-refractivity contribution < 1.29 is 14.3 Å². The Morgan fingerprint density at radius 3 is 2.47 bits per heavy atom. The largest absolute Gasteiger partial charge is 0.426 e. The number of carbonyl (C=O) groups excluding carboxylic acids is 2. The lowest BCUT2D eigenvalue weighted by Crippen LogP contribution is -2.11. The lowest BCUT2D eigenvalue weighted by Gasteiger charge is -2.04. The van der Waals surface area contributed by atoms with E-state index < -0.39 is 5.97 Å².